The molecule has 1 fully saturated rings. The normalized spacial score (nSPS) is 18.9. The molecule has 3 heteroatoms. The maximum atomic E-state index is 6.17. The van der Waals surface area contributed by atoms with Gasteiger partial charge in [0.25, 0.3) is 0 Å². The van der Waals surface area contributed by atoms with Crippen LogP contribution < -0.4 is 0 Å². The lowest BCUT2D eigenvalue weighted by Gasteiger charge is -2.30. The van der Waals surface area contributed by atoms with Crippen LogP contribution >= 0.6 is 23.2 Å². The van der Waals surface area contributed by atoms with Gasteiger partial charge in [-0.25, -0.2) is 0 Å². The molecule has 0 unspecified atom stereocenters. The van der Waals surface area contributed by atoms with E-state index in [-0.39, 0.29) is 0 Å². The predicted octanol–water partition coefficient (Wildman–Crippen LogP) is 4.23. The molecule has 1 heterocycles. The van der Waals surface area contributed by atoms with Crippen molar-refractivity contribution in [2.75, 3.05) is 13.1 Å². The fraction of sp³-hybridized carbons (Fsp3) is 0.538. The standard InChI is InChI=1S/C13H17Cl2N/c1-10-4-6-16(7-5-10)9-11-2-3-12(14)8-13(11)15/h2-3,8,10H,4-7,9H2,1H3. The highest BCUT2D eigenvalue weighted by molar-refractivity contribution is 6.35. The Balaban J connectivity index is 1.98. The Hall–Kier alpha value is -0.240. The number of benzene rings is 1. The average molecular weight is 258 g/mol. The first-order valence-corrected chi connectivity index (χ1v) is 6.57. The van der Waals surface area contributed by atoms with E-state index in [1.54, 1.807) is 0 Å². The van der Waals surface area contributed by atoms with Gasteiger partial charge in [0, 0.05) is 16.6 Å². The number of hydrogen-bond acceptors (Lipinski definition) is 1. The summed E-state index contributed by atoms with van der Waals surface area (Å²) in [6, 6.07) is 5.77. The van der Waals surface area contributed by atoms with Crippen LogP contribution in [0.2, 0.25) is 10.0 Å². The smallest absolute Gasteiger partial charge is 0.0465 e. The molecule has 1 saturated heterocycles. The van der Waals surface area contributed by atoms with Gasteiger partial charge in [0.1, 0.15) is 0 Å². The Kier molecular flexibility index (Phi) is 4.12. The molecule has 2 rings (SSSR count). The fourth-order valence-corrected chi connectivity index (χ4v) is 2.58. The van der Waals surface area contributed by atoms with Gasteiger partial charge < -0.3 is 0 Å². The van der Waals surface area contributed by atoms with Crippen molar-refractivity contribution in [1.82, 2.24) is 4.90 Å². The monoisotopic (exact) mass is 257 g/mol. The Morgan fingerprint density at radius 2 is 1.94 bits per heavy atom. The van der Waals surface area contributed by atoms with Gasteiger partial charge in [-0.15, -0.1) is 0 Å². The summed E-state index contributed by atoms with van der Waals surface area (Å²) in [5.41, 5.74) is 1.18. The molecule has 0 atom stereocenters. The molecule has 0 radical (unpaired) electrons. The van der Waals surface area contributed by atoms with Gasteiger partial charge in [0.15, 0.2) is 0 Å². The van der Waals surface area contributed by atoms with Gasteiger partial charge in [-0.1, -0.05) is 36.2 Å². The maximum Gasteiger partial charge on any atom is 0.0465 e. The van der Waals surface area contributed by atoms with Gasteiger partial charge in [-0.2, -0.15) is 0 Å². The number of rotatable bonds is 2. The average Bonchev–Trinajstić information content (AvgIpc) is 2.25. The Morgan fingerprint density at radius 1 is 1.25 bits per heavy atom. The van der Waals surface area contributed by atoms with Gasteiger partial charge in [-0.05, 0) is 49.5 Å². The van der Waals surface area contributed by atoms with E-state index in [4.69, 9.17) is 23.2 Å². The van der Waals surface area contributed by atoms with E-state index in [9.17, 15) is 0 Å². The van der Waals surface area contributed by atoms with Crippen molar-refractivity contribution < 1.29 is 0 Å². The molecule has 1 nitrogen and oxygen atoms in total. The second kappa shape index (κ2) is 5.39. The van der Waals surface area contributed by atoms with Gasteiger partial charge in [-0.3, -0.25) is 4.90 Å². The lowest BCUT2D eigenvalue weighted by atomic mass is 9.99. The molecule has 0 aliphatic carbocycles. The Bertz CT molecular complexity index is 357. The van der Waals surface area contributed by atoms with Gasteiger partial charge >= 0.3 is 0 Å². The topological polar surface area (TPSA) is 3.24 Å². The molecule has 0 amide bonds. The third-order valence-corrected chi connectivity index (χ3v) is 3.87. The molecule has 1 aliphatic rings. The highest BCUT2D eigenvalue weighted by Gasteiger charge is 2.16. The van der Waals surface area contributed by atoms with Crippen molar-refractivity contribution in [3.8, 4) is 0 Å². The van der Waals surface area contributed by atoms with Crippen molar-refractivity contribution >= 4 is 23.2 Å². The van der Waals surface area contributed by atoms with Crippen molar-refractivity contribution in [3.05, 3.63) is 33.8 Å². The number of halogens is 2. The van der Waals surface area contributed by atoms with E-state index in [0.717, 1.165) is 17.5 Å². The minimum atomic E-state index is 0.709. The third-order valence-electron chi connectivity index (χ3n) is 3.29. The molecule has 1 aromatic rings. The molecule has 0 spiro atoms. The van der Waals surface area contributed by atoms with Crippen molar-refractivity contribution in [2.45, 2.75) is 26.3 Å². The first-order valence-electron chi connectivity index (χ1n) is 5.81. The minimum absolute atomic E-state index is 0.709. The molecule has 0 aromatic heterocycles. The highest BCUT2D eigenvalue weighted by atomic mass is 35.5. The van der Waals surface area contributed by atoms with Crippen LogP contribution in [-0.2, 0) is 6.54 Å². The van der Waals surface area contributed by atoms with Crippen molar-refractivity contribution in [3.63, 3.8) is 0 Å². The molecule has 0 bridgehead atoms. The molecule has 1 aliphatic heterocycles. The van der Waals surface area contributed by atoms with Crippen LogP contribution in [0.3, 0.4) is 0 Å². The van der Waals surface area contributed by atoms with E-state index >= 15 is 0 Å². The van der Waals surface area contributed by atoms with Crippen LogP contribution in [0.4, 0.5) is 0 Å². The quantitative estimate of drug-likeness (QED) is 0.767. The first-order chi connectivity index (χ1) is 7.65. The largest absolute Gasteiger partial charge is 0.299 e. The zero-order valence-corrected chi connectivity index (χ0v) is 11.1. The minimum Gasteiger partial charge on any atom is -0.299 e. The van der Waals surface area contributed by atoms with E-state index in [1.165, 1.54) is 31.5 Å². The number of hydrogen-bond donors (Lipinski definition) is 0. The molecule has 0 saturated carbocycles. The lowest BCUT2D eigenvalue weighted by Crippen LogP contribution is -2.32. The second-order valence-electron chi connectivity index (χ2n) is 4.69. The van der Waals surface area contributed by atoms with Gasteiger partial charge in [0.05, 0.1) is 0 Å². The van der Waals surface area contributed by atoms with Crippen LogP contribution in [0.15, 0.2) is 18.2 Å². The maximum absolute atomic E-state index is 6.17. The van der Waals surface area contributed by atoms with E-state index in [2.05, 4.69) is 11.8 Å². The number of nitrogens with zero attached hydrogens (tertiary/aromatic N) is 1. The van der Waals surface area contributed by atoms with Crippen LogP contribution in [0.5, 0.6) is 0 Å². The highest BCUT2D eigenvalue weighted by Crippen LogP contribution is 2.24. The summed E-state index contributed by atoms with van der Waals surface area (Å²) in [5, 5.41) is 1.49. The number of piperidine rings is 1. The fourth-order valence-electron chi connectivity index (χ4n) is 2.11. The van der Waals surface area contributed by atoms with E-state index < -0.39 is 0 Å². The summed E-state index contributed by atoms with van der Waals surface area (Å²) < 4.78 is 0. The molecule has 1 aromatic carbocycles. The summed E-state index contributed by atoms with van der Waals surface area (Å²) in [6.07, 6.45) is 2.59. The zero-order chi connectivity index (χ0) is 11.5. The molecular weight excluding hydrogens is 241 g/mol. The second-order valence-corrected chi connectivity index (χ2v) is 5.54. The molecule has 0 N–H and O–H groups in total. The van der Waals surface area contributed by atoms with Crippen LogP contribution in [0, 0.1) is 5.92 Å². The van der Waals surface area contributed by atoms with Crippen LogP contribution in [-0.4, -0.2) is 18.0 Å². The summed E-state index contributed by atoms with van der Waals surface area (Å²) in [5.74, 6) is 0.872. The van der Waals surface area contributed by atoms with E-state index in [0.29, 0.717) is 5.02 Å². The van der Waals surface area contributed by atoms with Crippen molar-refractivity contribution in [2.24, 2.45) is 5.92 Å². The molecule has 88 valence electrons. The summed E-state index contributed by atoms with van der Waals surface area (Å²) >= 11 is 12.0. The predicted molar refractivity (Wildman–Crippen MR) is 70.1 cm³/mol. The summed E-state index contributed by atoms with van der Waals surface area (Å²) in [4.78, 5) is 2.47. The first kappa shape index (κ1) is 12.2. The van der Waals surface area contributed by atoms with Crippen LogP contribution in [0.25, 0.3) is 0 Å². The zero-order valence-electron chi connectivity index (χ0n) is 9.55. The number of likely N-dealkylation sites (tertiary alicyclic amines) is 1. The van der Waals surface area contributed by atoms with Crippen molar-refractivity contribution in [1.29, 1.82) is 0 Å². The van der Waals surface area contributed by atoms with Gasteiger partial charge in [0.2, 0.25) is 0 Å². The Morgan fingerprint density at radius 3 is 2.56 bits per heavy atom. The lowest BCUT2D eigenvalue weighted by molar-refractivity contribution is 0.185. The molecule has 16 heavy (non-hydrogen) atoms. The summed E-state index contributed by atoms with van der Waals surface area (Å²) in [7, 11) is 0. The van der Waals surface area contributed by atoms with Crippen LogP contribution in [0.1, 0.15) is 25.3 Å². The summed E-state index contributed by atoms with van der Waals surface area (Å²) in [6.45, 7) is 5.63. The SMILES string of the molecule is CC1CCN(Cc2ccc(Cl)cc2Cl)CC1. The molecular formula is C13H17Cl2N. The third kappa shape index (κ3) is 3.13. The van der Waals surface area contributed by atoms with E-state index in [1.807, 2.05) is 18.2 Å². The Labute approximate surface area is 107 Å².